The fourth-order valence-corrected chi connectivity index (χ4v) is 1.78. The number of hydrogen-bond donors (Lipinski definition) is 1. The summed E-state index contributed by atoms with van der Waals surface area (Å²) in [5.41, 5.74) is 3.54. The molecule has 3 heteroatoms. The second-order valence-electron chi connectivity index (χ2n) is 3.72. The molecule has 74 valence electrons. The maximum atomic E-state index is 10.9. The average Bonchev–Trinajstić information content (AvgIpc) is 2.50. The highest BCUT2D eigenvalue weighted by atomic mass is 16.6. The molecule has 1 aliphatic heterocycles. The molecular weight excluding hydrogens is 178 g/mol. The van der Waals surface area contributed by atoms with E-state index >= 15 is 0 Å². The lowest BCUT2D eigenvalue weighted by molar-refractivity contribution is 0.177. The number of aryl methyl sites for hydroxylation is 2. The average molecular weight is 191 g/mol. The molecule has 1 aromatic carbocycles. The van der Waals surface area contributed by atoms with Crippen molar-refractivity contribution in [1.82, 2.24) is 5.32 Å². The summed E-state index contributed by atoms with van der Waals surface area (Å²) < 4.78 is 4.85. The number of carbonyl (C=O) groups excluding carboxylic acids is 1. The van der Waals surface area contributed by atoms with Crippen molar-refractivity contribution >= 4 is 6.09 Å². The van der Waals surface area contributed by atoms with E-state index in [1.165, 1.54) is 11.1 Å². The van der Waals surface area contributed by atoms with Gasteiger partial charge in [-0.15, -0.1) is 0 Å². The molecule has 3 nitrogen and oxygen atoms in total. The Morgan fingerprint density at radius 2 is 1.93 bits per heavy atom. The predicted molar refractivity (Wildman–Crippen MR) is 53.1 cm³/mol. The van der Waals surface area contributed by atoms with Crippen LogP contribution in [0.3, 0.4) is 0 Å². The third-order valence-corrected chi connectivity index (χ3v) is 2.32. The normalized spacial score (nSPS) is 20.4. The van der Waals surface area contributed by atoms with Gasteiger partial charge in [-0.1, -0.05) is 29.3 Å². The second-order valence-corrected chi connectivity index (χ2v) is 3.72. The molecule has 0 radical (unpaired) electrons. The van der Waals surface area contributed by atoms with Crippen LogP contribution in [0.5, 0.6) is 0 Å². The van der Waals surface area contributed by atoms with Gasteiger partial charge in [-0.25, -0.2) is 4.79 Å². The number of carbonyl (C=O) groups is 1. The number of nitrogens with one attached hydrogen (secondary N) is 1. The SMILES string of the molecule is Cc1cc(C)cc([C@H]2COC(=O)N2)c1. The molecule has 1 aliphatic rings. The molecular formula is C11H13NO2. The standard InChI is InChI=1S/C11H13NO2/c1-7-3-8(2)5-9(4-7)10-6-14-11(13)12-10/h3-5,10H,6H2,1-2H3,(H,12,13)/t10-/m1/s1. The lowest BCUT2D eigenvalue weighted by atomic mass is 10.0. The first kappa shape index (κ1) is 9.06. The summed E-state index contributed by atoms with van der Waals surface area (Å²) in [4.78, 5) is 10.9. The third-order valence-electron chi connectivity index (χ3n) is 2.32. The van der Waals surface area contributed by atoms with Gasteiger partial charge in [-0.05, 0) is 19.4 Å². The van der Waals surface area contributed by atoms with E-state index in [0.717, 1.165) is 5.56 Å². The van der Waals surface area contributed by atoms with Gasteiger partial charge >= 0.3 is 6.09 Å². The molecule has 0 spiro atoms. The molecule has 0 unspecified atom stereocenters. The van der Waals surface area contributed by atoms with E-state index in [1.807, 2.05) is 13.8 Å². The summed E-state index contributed by atoms with van der Waals surface area (Å²) in [6.45, 7) is 4.53. The van der Waals surface area contributed by atoms with Gasteiger partial charge in [0, 0.05) is 0 Å². The van der Waals surface area contributed by atoms with Crippen molar-refractivity contribution in [2.75, 3.05) is 6.61 Å². The zero-order valence-corrected chi connectivity index (χ0v) is 8.33. The molecule has 1 aromatic rings. The Balaban J connectivity index is 2.27. The van der Waals surface area contributed by atoms with E-state index in [2.05, 4.69) is 23.5 Å². The van der Waals surface area contributed by atoms with E-state index < -0.39 is 0 Å². The molecule has 0 aromatic heterocycles. The van der Waals surface area contributed by atoms with Crippen LogP contribution in [0.15, 0.2) is 18.2 Å². The summed E-state index contributed by atoms with van der Waals surface area (Å²) in [6.07, 6.45) is -0.325. The number of amides is 1. The minimum absolute atomic E-state index is 0.0149. The van der Waals surface area contributed by atoms with Crippen LogP contribution < -0.4 is 5.32 Å². The maximum absolute atomic E-state index is 10.9. The molecule has 0 saturated carbocycles. The number of hydrogen-bond acceptors (Lipinski definition) is 2. The minimum Gasteiger partial charge on any atom is -0.447 e. The summed E-state index contributed by atoms with van der Waals surface area (Å²) in [5.74, 6) is 0. The molecule has 1 fully saturated rings. The van der Waals surface area contributed by atoms with Crippen molar-refractivity contribution in [3.05, 3.63) is 34.9 Å². The lowest BCUT2D eigenvalue weighted by Crippen LogP contribution is -2.18. The van der Waals surface area contributed by atoms with E-state index in [9.17, 15) is 4.79 Å². The fraction of sp³-hybridized carbons (Fsp3) is 0.364. The quantitative estimate of drug-likeness (QED) is 0.738. The van der Waals surface area contributed by atoms with E-state index in [-0.39, 0.29) is 12.1 Å². The van der Waals surface area contributed by atoms with Crippen LogP contribution in [0, 0.1) is 13.8 Å². The molecule has 14 heavy (non-hydrogen) atoms. The topological polar surface area (TPSA) is 38.3 Å². The van der Waals surface area contributed by atoms with Crippen LogP contribution in [-0.4, -0.2) is 12.7 Å². The maximum Gasteiger partial charge on any atom is 0.407 e. The van der Waals surface area contributed by atoms with Crippen molar-refractivity contribution in [2.24, 2.45) is 0 Å². The van der Waals surface area contributed by atoms with Gasteiger partial charge in [0.1, 0.15) is 6.61 Å². The second kappa shape index (κ2) is 3.33. The molecule has 0 bridgehead atoms. The van der Waals surface area contributed by atoms with Gasteiger partial charge in [0.2, 0.25) is 0 Å². The van der Waals surface area contributed by atoms with Crippen molar-refractivity contribution in [3.8, 4) is 0 Å². The zero-order chi connectivity index (χ0) is 10.1. The van der Waals surface area contributed by atoms with E-state index in [1.54, 1.807) is 0 Å². The van der Waals surface area contributed by atoms with E-state index in [4.69, 9.17) is 4.74 Å². The van der Waals surface area contributed by atoms with Gasteiger partial charge in [0.15, 0.2) is 0 Å². The molecule has 2 rings (SSSR count). The molecule has 1 N–H and O–H groups in total. The van der Waals surface area contributed by atoms with Gasteiger partial charge in [0.05, 0.1) is 6.04 Å². The van der Waals surface area contributed by atoms with Crippen LogP contribution in [0.2, 0.25) is 0 Å². The molecule has 1 heterocycles. The Kier molecular flexibility index (Phi) is 2.15. The van der Waals surface area contributed by atoms with Crippen molar-refractivity contribution < 1.29 is 9.53 Å². The first-order valence-electron chi connectivity index (χ1n) is 4.66. The summed E-state index contributed by atoms with van der Waals surface area (Å²) >= 11 is 0. The van der Waals surface area contributed by atoms with Crippen LogP contribution in [0.4, 0.5) is 4.79 Å². The molecule has 1 amide bonds. The van der Waals surface area contributed by atoms with Gasteiger partial charge in [-0.2, -0.15) is 0 Å². The van der Waals surface area contributed by atoms with Gasteiger partial charge in [-0.3, -0.25) is 0 Å². The largest absolute Gasteiger partial charge is 0.447 e. The summed E-state index contributed by atoms with van der Waals surface area (Å²) in [7, 11) is 0. The first-order chi connectivity index (χ1) is 6.65. The Labute approximate surface area is 83.1 Å². The van der Waals surface area contributed by atoms with Gasteiger partial charge < -0.3 is 10.1 Å². The minimum atomic E-state index is -0.325. The summed E-state index contributed by atoms with van der Waals surface area (Å²) in [6, 6.07) is 6.28. The Bertz CT molecular complexity index is 353. The number of ether oxygens (including phenoxy) is 1. The molecule has 1 saturated heterocycles. The van der Waals surface area contributed by atoms with Crippen molar-refractivity contribution in [3.63, 3.8) is 0 Å². The number of rotatable bonds is 1. The van der Waals surface area contributed by atoms with Crippen molar-refractivity contribution in [1.29, 1.82) is 0 Å². The smallest absolute Gasteiger partial charge is 0.407 e. The number of cyclic esters (lactones) is 1. The van der Waals surface area contributed by atoms with Gasteiger partial charge in [0.25, 0.3) is 0 Å². The molecule has 1 atom stereocenters. The van der Waals surface area contributed by atoms with Crippen LogP contribution in [0.25, 0.3) is 0 Å². The Morgan fingerprint density at radius 1 is 1.29 bits per heavy atom. The number of benzene rings is 1. The fourth-order valence-electron chi connectivity index (χ4n) is 1.78. The Morgan fingerprint density at radius 3 is 2.43 bits per heavy atom. The highest BCUT2D eigenvalue weighted by Gasteiger charge is 2.23. The third kappa shape index (κ3) is 1.71. The monoisotopic (exact) mass is 191 g/mol. The highest BCUT2D eigenvalue weighted by Crippen LogP contribution is 2.20. The highest BCUT2D eigenvalue weighted by molar-refractivity contribution is 5.70. The van der Waals surface area contributed by atoms with E-state index in [0.29, 0.717) is 6.61 Å². The van der Waals surface area contributed by atoms with Crippen LogP contribution in [-0.2, 0) is 4.74 Å². The van der Waals surface area contributed by atoms with Crippen LogP contribution in [0.1, 0.15) is 22.7 Å². The first-order valence-corrected chi connectivity index (χ1v) is 4.66. The molecule has 0 aliphatic carbocycles. The van der Waals surface area contributed by atoms with Crippen molar-refractivity contribution in [2.45, 2.75) is 19.9 Å². The van der Waals surface area contributed by atoms with Crippen LogP contribution >= 0.6 is 0 Å². The Hall–Kier alpha value is -1.51. The zero-order valence-electron chi connectivity index (χ0n) is 8.33. The lowest BCUT2D eigenvalue weighted by Gasteiger charge is -2.09. The number of alkyl carbamates (subject to hydrolysis) is 1. The summed E-state index contributed by atoms with van der Waals surface area (Å²) in [5, 5.41) is 2.76. The predicted octanol–water partition coefficient (Wildman–Crippen LogP) is 2.08.